The number of nitrogens with one attached hydrogen (secondary N) is 1. The summed E-state index contributed by atoms with van der Waals surface area (Å²) >= 11 is 0. The van der Waals surface area contributed by atoms with Crippen molar-refractivity contribution in [3.8, 4) is 0 Å². The van der Waals surface area contributed by atoms with E-state index in [1.807, 2.05) is 6.07 Å². The first kappa shape index (κ1) is 16.7. The quantitative estimate of drug-likeness (QED) is 0.865. The van der Waals surface area contributed by atoms with Crippen LogP contribution in [0.4, 0.5) is 0 Å². The molecule has 0 radical (unpaired) electrons. The van der Waals surface area contributed by atoms with Crippen molar-refractivity contribution in [2.24, 2.45) is 5.14 Å². The van der Waals surface area contributed by atoms with Crippen LogP contribution >= 0.6 is 0 Å². The fraction of sp³-hybridized carbons (Fsp3) is 0.278. The Morgan fingerprint density at radius 2 is 1.83 bits per heavy atom. The average molecular weight is 344 g/mol. The molecular weight excluding hydrogens is 324 g/mol. The van der Waals surface area contributed by atoms with Crippen molar-refractivity contribution in [2.45, 2.75) is 37.1 Å². The molecule has 0 spiro atoms. The summed E-state index contributed by atoms with van der Waals surface area (Å²) in [5.41, 5.74) is 4.44. The first-order chi connectivity index (χ1) is 11.4. The second kappa shape index (κ2) is 6.75. The zero-order valence-corrected chi connectivity index (χ0v) is 14.1. The third kappa shape index (κ3) is 4.01. The summed E-state index contributed by atoms with van der Waals surface area (Å²) < 4.78 is 22.7. The summed E-state index contributed by atoms with van der Waals surface area (Å²) in [4.78, 5) is 12.2. The Morgan fingerprint density at radius 3 is 2.62 bits per heavy atom. The first-order valence-electron chi connectivity index (χ1n) is 7.91. The lowest BCUT2D eigenvalue weighted by Crippen LogP contribution is -2.24. The number of primary sulfonamides is 1. The highest BCUT2D eigenvalue weighted by Crippen LogP contribution is 2.23. The van der Waals surface area contributed by atoms with E-state index < -0.39 is 10.0 Å². The molecule has 1 aliphatic rings. The maximum Gasteiger partial charge on any atom is 0.238 e. The Kier molecular flexibility index (Phi) is 4.69. The molecule has 6 heteroatoms. The van der Waals surface area contributed by atoms with Gasteiger partial charge in [0.25, 0.3) is 0 Å². The molecule has 2 aromatic rings. The van der Waals surface area contributed by atoms with Gasteiger partial charge in [-0.1, -0.05) is 30.3 Å². The molecule has 1 amide bonds. The second-order valence-electron chi connectivity index (χ2n) is 6.10. The monoisotopic (exact) mass is 344 g/mol. The molecular formula is C18H20N2O3S. The third-order valence-electron chi connectivity index (χ3n) is 4.24. The van der Waals surface area contributed by atoms with Gasteiger partial charge < -0.3 is 5.32 Å². The van der Waals surface area contributed by atoms with E-state index >= 15 is 0 Å². The minimum absolute atomic E-state index is 0.0490. The molecule has 0 saturated heterocycles. The number of carbonyl (C=O) groups excluding carboxylic acids is 1. The molecule has 3 rings (SSSR count). The summed E-state index contributed by atoms with van der Waals surface area (Å²) in [6, 6.07) is 12.5. The molecule has 24 heavy (non-hydrogen) atoms. The maximum absolute atomic E-state index is 12.1. The molecule has 1 aliphatic carbocycles. The molecule has 5 nitrogen and oxygen atoms in total. The summed E-state index contributed by atoms with van der Waals surface area (Å²) in [6.45, 7) is 0.271. The van der Waals surface area contributed by atoms with Crippen LogP contribution in [0.2, 0.25) is 0 Å². The van der Waals surface area contributed by atoms with Gasteiger partial charge in [-0.25, -0.2) is 13.6 Å². The largest absolute Gasteiger partial charge is 0.352 e. The summed E-state index contributed by atoms with van der Waals surface area (Å²) in [6.07, 6.45) is 3.72. The molecule has 0 unspecified atom stereocenters. The standard InChI is InChI=1S/C18H20N2O3S/c19-24(22,23)17-6-1-3-14(10-17)12-20-18(21)11-13-7-8-15-4-2-5-16(15)9-13/h1,3,6-10H,2,4-5,11-12H2,(H,20,21)(H2,19,22,23). The van der Waals surface area contributed by atoms with Crippen LogP contribution in [0, 0.1) is 0 Å². The van der Waals surface area contributed by atoms with E-state index in [1.165, 1.54) is 29.7 Å². The van der Waals surface area contributed by atoms with Crippen LogP contribution < -0.4 is 10.5 Å². The summed E-state index contributed by atoms with van der Waals surface area (Å²) in [7, 11) is -3.73. The number of amides is 1. The molecule has 126 valence electrons. The topological polar surface area (TPSA) is 89.3 Å². The van der Waals surface area contributed by atoms with Crippen molar-refractivity contribution in [3.63, 3.8) is 0 Å². The molecule has 0 heterocycles. The van der Waals surface area contributed by atoms with Crippen molar-refractivity contribution in [3.05, 3.63) is 64.7 Å². The Hall–Kier alpha value is -2.18. The number of nitrogens with two attached hydrogens (primary N) is 1. The van der Waals surface area contributed by atoms with Crippen molar-refractivity contribution in [1.82, 2.24) is 5.32 Å². The molecule has 0 aliphatic heterocycles. The van der Waals surface area contributed by atoms with Crippen LogP contribution in [0.3, 0.4) is 0 Å². The van der Waals surface area contributed by atoms with Crippen LogP contribution in [-0.4, -0.2) is 14.3 Å². The number of sulfonamides is 1. The maximum atomic E-state index is 12.1. The van der Waals surface area contributed by atoms with E-state index in [4.69, 9.17) is 5.14 Å². The van der Waals surface area contributed by atoms with Crippen LogP contribution in [0.15, 0.2) is 47.4 Å². The van der Waals surface area contributed by atoms with Gasteiger partial charge in [-0.2, -0.15) is 0 Å². The van der Waals surface area contributed by atoms with E-state index in [1.54, 1.807) is 12.1 Å². The molecule has 3 N–H and O–H groups in total. The van der Waals surface area contributed by atoms with Gasteiger partial charge in [0.15, 0.2) is 0 Å². The minimum atomic E-state index is -3.73. The lowest BCUT2D eigenvalue weighted by Gasteiger charge is -2.08. The second-order valence-corrected chi connectivity index (χ2v) is 7.66. The Bertz CT molecular complexity index is 876. The molecule has 0 fully saturated rings. The highest BCUT2D eigenvalue weighted by Gasteiger charge is 2.12. The first-order valence-corrected chi connectivity index (χ1v) is 9.45. The van der Waals surface area contributed by atoms with Crippen molar-refractivity contribution in [2.75, 3.05) is 0 Å². The minimum Gasteiger partial charge on any atom is -0.352 e. The number of carbonyl (C=O) groups is 1. The molecule has 2 aromatic carbocycles. The van der Waals surface area contributed by atoms with Crippen molar-refractivity contribution >= 4 is 15.9 Å². The molecule has 0 bridgehead atoms. The SMILES string of the molecule is NS(=O)(=O)c1cccc(CNC(=O)Cc2ccc3c(c2)CCC3)c1. The average Bonchev–Trinajstić information content (AvgIpc) is 3.00. The smallest absolute Gasteiger partial charge is 0.238 e. The van der Waals surface area contributed by atoms with Gasteiger partial charge in [-0.3, -0.25) is 4.79 Å². The number of hydrogen-bond donors (Lipinski definition) is 2. The van der Waals surface area contributed by atoms with Gasteiger partial charge >= 0.3 is 0 Å². The number of fused-ring (bicyclic) bond motifs is 1. The molecule has 0 aromatic heterocycles. The van der Waals surface area contributed by atoms with Gasteiger partial charge in [0.1, 0.15) is 0 Å². The lowest BCUT2D eigenvalue weighted by atomic mass is 10.0. The number of hydrogen-bond acceptors (Lipinski definition) is 3. The normalized spacial score (nSPS) is 13.5. The van der Waals surface area contributed by atoms with E-state index in [0.717, 1.165) is 18.4 Å². The fourth-order valence-electron chi connectivity index (χ4n) is 3.02. The zero-order valence-electron chi connectivity index (χ0n) is 13.3. The van der Waals surface area contributed by atoms with Crippen molar-refractivity contribution in [1.29, 1.82) is 0 Å². The van der Waals surface area contributed by atoms with E-state index in [2.05, 4.69) is 17.4 Å². The van der Waals surface area contributed by atoms with Crippen LogP contribution in [0.25, 0.3) is 0 Å². The van der Waals surface area contributed by atoms with Crippen LogP contribution in [0.5, 0.6) is 0 Å². The molecule has 0 saturated carbocycles. The number of aryl methyl sites for hydroxylation is 2. The molecule has 0 atom stereocenters. The van der Waals surface area contributed by atoms with E-state index in [0.29, 0.717) is 12.0 Å². The predicted molar refractivity (Wildman–Crippen MR) is 91.8 cm³/mol. The van der Waals surface area contributed by atoms with Gasteiger partial charge in [0, 0.05) is 6.54 Å². The Morgan fingerprint density at radius 1 is 1.04 bits per heavy atom. The van der Waals surface area contributed by atoms with Crippen LogP contribution in [0.1, 0.15) is 28.7 Å². The van der Waals surface area contributed by atoms with Crippen LogP contribution in [-0.2, 0) is 40.6 Å². The highest BCUT2D eigenvalue weighted by molar-refractivity contribution is 7.89. The van der Waals surface area contributed by atoms with Gasteiger partial charge in [0.05, 0.1) is 11.3 Å². The van der Waals surface area contributed by atoms with Gasteiger partial charge in [-0.15, -0.1) is 0 Å². The Labute approximate surface area is 141 Å². The Balaban J connectivity index is 1.60. The number of benzene rings is 2. The number of rotatable bonds is 5. The van der Waals surface area contributed by atoms with Crippen molar-refractivity contribution < 1.29 is 13.2 Å². The zero-order chi connectivity index (χ0) is 17.2. The van der Waals surface area contributed by atoms with Gasteiger partial charge in [-0.05, 0) is 53.6 Å². The highest BCUT2D eigenvalue weighted by atomic mass is 32.2. The van der Waals surface area contributed by atoms with Gasteiger partial charge in [0.2, 0.25) is 15.9 Å². The third-order valence-corrected chi connectivity index (χ3v) is 5.16. The lowest BCUT2D eigenvalue weighted by molar-refractivity contribution is -0.120. The van der Waals surface area contributed by atoms with E-state index in [9.17, 15) is 13.2 Å². The predicted octanol–water partition coefficient (Wildman–Crippen LogP) is 1.68. The summed E-state index contributed by atoms with van der Waals surface area (Å²) in [5.74, 6) is -0.0889. The van der Waals surface area contributed by atoms with E-state index in [-0.39, 0.29) is 17.3 Å². The summed E-state index contributed by atoms with van der Waals surface area (Å²) in [5, 5.41) is 7.93. The fourth-order valence-corrected chi connectivity index (χ4v) is 3.60.